The second-order valence-electron chi connectivity index (χ2n) is 3.09. The zero-order valence-electron chi connectivity index (χ0n) is 5.08. The fraction of sp³-hybridized carbons (Fsp3) is 1.00. The quantitative estimate of drug-likeness (QED) is 0.520. The first-order chi connectivity index (χ1) is 4.16. The van der Waals surface area contributed by atoms with Gasteiger partial charge < -0.3 is 5.32 Å². The number of rotatable bonds is 0. The monoisotopic (exact) mass is 133 g/mol. The van der Waals surface area contributed by atoms with Crippen LogP contribution in [0.3, 0.4) is 0 Å². The SMILES string of the molecule is FC1(F)CCC12CNC2. The van der Waals surface area contributed by atoms with Gasteiger partial charge in [0.2, 0.25) is 0 Å². The molecule has 0 amide bonds. The van der Waals surface area contributed by atoms with Gasteiger partial charge >= 0.3 is 0 Å². The maximum Gasteiger partial charge on any atom is 0.256 e. The molecule has 1 spiro atoms. The highest BCUT2D eigenvalue weighted by Crippen LogP contribution is 2.55. The first kappa shape index (κ1) is 5.59. The van der Waals surface area contributed by atoms with E-state index in [0.29, 0.717) is 19.5 Å². The molecule has 2 aliphatic rings. The molecule has 52 valence electrons. The second-order valence-corrected chi connectivity index (χ2v) is 3.09. The Bertz CT molecular complexity index is 134. The molecule has 2 fully saturated rings. The number of hydrogen-bond acceptors (Lipinski definition) is 1. The molecule has 1 nitrogen and oxygen atoms in total. The standard InChI is InChI=1S/C6H9F2N/c7-6(8)2-1-5(6)3-9-4-5/h9H,1-4H2. The summed E-state index contributed by atoms with van der Waals surface area (Å²) in [5.41, 5.74) is -0.604. The lowest BCUT2D eigenvalue weighted by molar-refractivity contribution is -0.222. The average molecular weight is 133 g/mol. The molecule has 1 aliphatic heterocycles. The molecule has 1 saturated heterocycles. The molecule has 0 aromatic carbocycles. The van der Waals surface area contributed by atoms with E-state index in [0.717, 1.165) is 0 Å². The van der Waals surface area contributed by atoms with Crippen molar-refractivity contribution in [2.45, 2.75) is 18.8 Å². The molecule has 1 aliphatic carbocycles. The summed E-state index contributed by atoms with van der Waals surface area (Å²) in [6, 6.07) is 0. The van der Waals surface area contributed by atoms with Gasteiger partial charge in [0.25, 0.3) is 5.92 Å². The van der Waals surface area contributed by atoms with Gasteiger partial charge in [-0.1, -0.05) is 0 Å². The van der Waals surface area contributed by atoms with Gasteiger partial charge in [-0.15, -0.1) is 0 Å². The lowest BCUT2D eigenvalue weighted by atomic mass is 9.61. The van der Waals surface area contributed by atoms with Gasteiger partial charge in [-0.05, 0) is 6.42 Å². The van der Waals surface area contributed by atoms with Gasteiger partial charge in [0.15, 0.2) is 0 Å². The Balaban J connectivity index is 2.13. The van der Waals surface area contributed by atoms with Crippen LogP contribution >= 0.6 is 0 Å². The van der Waals surface area contributed by atoms with Crippen LogP contribution in [-0.4, -0.2) is 19.0 Å². The van der Waals surface area contributed by atoms with Gasteiger partial charge in [0.05, 0.1) is 5.41 Å². The van der Waals surface area contributed by atoms with Crippen LogP contribution in [0.2, 0.25) is 0 Å². The smallest absolute Gasteiger partial charge is 0.256 e. The minimum Gasteiger partial charge on any atom is -0.315 e. The summed E-state index contributed by atoms with van der Waals surface area (Å²) in [5.74, 6) is -2.35. The minimum atomic E-state index is -2.35. The van der Waals surface area contributed by atoms with E-state index >= 15 is 0 Å². The highest BCUT2D eigenvalue weighted by molar-refractivity contribution is 5.09. The van der Waals surface area contributed by atoms with Gasteiger partial charge in [-0.25, -0.2) is 8.78 Å². The summed E-state index contributed by atoms with van der Waals surface area (Å²) in [5, 5.41) is 2.88. The minimum absolute atomic E-state index is 0.106. The van der Waals surface area contributed by atoms with Crippen molar-refractivity contribution in [1.82, 2.24) is 5.32 Å². The summed E-state index contributed by atoms with van der Waals surface area (Å²) in [7, 11) is 0. The third kappa shape index (κ3) is 0.467. The van der Waals surface area contributed by atoms with E-state index in [9.17, 15) is 8.78 Å². The zero-order valence-corrected chi connectivity index (χ0v) is 5.08. The summed E-state index contributed by atoms with van der Waals surface area (Å²) < 4.78 is 25.2. The van der Waals surface area contributed by atoms with E-state index < -0.39 is 11.3 Å². The molecule has 0 bridgehead atoms. The number of hydrogen-bond donors (Lipinski definition) is 1. The van der Waals surface area contributed by atoms with E-state index in [4.69, 9.17) is 0 Å². The number of halogens is 2. The van der Waals surface area contributed by atoms with E-state index in [1.807, 2.05) is 0 Å². The fourth-order valence-corrected chi connectivity index (χ4v) is 1.53. The highest BCUT2D eigenvalue weighted by atomic mass is 19.3. The molecule has 0 aromatic heterocycles. The fourth-order valence-electron chi connectivity index (χ4n) is 1.53. The maximum atomic E-state index is 12.6. The second kappa shape index (κ2) is 1.29. The van der Waals surface area contributed by atoms with Crippen LogP contribution in [0.5, 0.6) is 0 Å². The van der Waals surface area contributed by atoms with Gasteiger partial charge in [0, 0.05) is 19.5 Å². The molecular weight excluding hydrogens is 124 g/mol. The summed E-state index contributed by atoms with van der Waals surface area (Å²) in [6.07, 6.45) is 0.821. The van der Waals surface area contributed by atoms with E-state index in [1.165, 1.54) is 0 Å². The maximum absolute atomic E-state index is 12.6. The Morgan fingerprint density at radius 1 is 1.11 bits per heavy atom. The van der Waals surface area contributed by atoms with Crippen LogP contribution < -0.4 is 5.32 Å². The average Bonchev–Trinajstić information content (AvgIpc) is 1.59. The van der Waals surface area contributed by atoms with Crippen molar-refractivity contribution in [3.8, 4) is 0 Å². The van der Waals surface area contributed by atoms with Crippen LogP contribution in [0.25, 0.3) is 0 Å². The van der Waals surface area contributed by atoms with Gasteiger partial charge in [-0.2, -0.15) is 0 Å². The van der Waals surface area contributed by atoms with Crippen LogP contribution in [0.15, 0.2) is 0 Å². The Labute approximate surface area is 52.4 Å². The molecule has 0 aromatic rings. The Morgan fingerprint density at radius 2 is 1.78 bits per heavy atom. The Morgan fingerprint density at radius 3 is 1.78 bits per heavy atom. The normalized spacial score (nSPS) is 35.3. The molecular formula is C6H9F2N. The molecule has 0 atom stereocenters. The summed E-state index contributed by atoms with van der Waals surface area (Å²) in [6.45, 7) is 1.06. The zero-order chi connectivity index (χ0) is 6.54. The lowest BCUT2D eigenvalue weighted by Crippen LogP contribution is -2.68. The van der Waals surface area contributed by atoms with Crippen LogP contribution in [-0.2, 0) is 0 Å². The Hall–Kier alpha value is -0.180. The first-order valence-corrected chi connectivity index (χ1v) is 3.25. The summed E-state index contributed by atoms with van der Waals surface area (Å²) >= 11 is 0. The molecule has 1 saturated carbocycles. The van der Waals surface area contributed by atoms with Crippen molar-refractivity contribution >= 4 is 0 Å². The third-order valence-corrected chi connectivity index (χ3v) is 2.62. The largest absolute Gasteiger partial charge is 0.315 e. The van der Waals surface area contributed by atoms with Gasteiger partial charge in [-0.3, -0.25) is 0 Å². The molecule has 1 N–H and O–H groups in total. The van der Waals surface area contributed by atoms with Crippen molar-refractivity contribution in [3.05, 3.63) is 0 Å². The Kier molecular flexibility index (Phi) is 0.799. The van der Waals surface area contributed by atoms with E-state index in [1.54, 1.807) is 0 Å². The highest BCUT2D eigenvalue weighted by Gasteiger charge is 2.64. The summed E-state index contributed by atoms with van der Waals surface area (Å²) in [4.78, 5) is 0. The third-order valence-electron chi connectivity index (χ3n) is 2.62. The number of nitrogens with one attached hydrogen (secondary N) is 1. The van der Waals surface area contributed by atoms with Crippen molar-refractivity contribution in [3.63, 3.8) is 0 Å². The molecule has 9 heavy (non-hydrogen) atoms. The van der Waals surface area contributed by atoms with Crippen molar-refractivity contribution in [2.75, 3.05) is 13.1 Å². The van der Waals surface area contributed by atoms with Crippen LogP contribution in [0.1, 0.15) is 12.8 Å². The number of alkyl halides is 2. The van der Waals surface area contributed by atoms with Crippen molar-refractivity contribution in [1.29, 1.82) is 0 Å². The molecule has 0 radical (unpaired) electrons. The van der Waals surface area contributed by atoms with E-state index in [2.05, 4.69) is 5.32 Å². The van der Waals surface area contributed by atoms with Gasteiger partial charge in [0.1, 0.15) is 0 Å². The first-order valence-electron chi connectivity index (χ1n) is 3.25. The molecule has 0 unspecified atom stereocenters. The van der Waals surface area contributed by atoms with E-state index in [-0.39, 0.29) is 6.42 Å². The van der Waals surface area contributed by atoms with Crippen molar-refractivity contribution < 1.29 is 8.78 Å². The predicted molar refractivity (Wildman–Crippen MR) is 29.5 cm³/mol. The lowest BCUT2D eigenvalue weighted by Gasteiger charge is -2.55. The van der Waals surface area contributed by atoms with Crippen molar-refractivity contribution in [2.24, 2.45) is 5.41 Å². The molecule has 1 heterocycles. The molecule has 2 rings (SSSR count). The van der Waals surface area contributed by atoms with Crippen LogP contribution in [0.4, 0.5) is 8.78 Å². The predicted octanol–water partition coefficient (Wildman–Crippen LogP) is 1.01. The van der Waals surface area contributed by atoms with Crippen LogP contribution in [0, 0.1) is 5.41 Å². The molecule has 3 heteroatoms. The topological polar surface area (TPSA) is 12.0 Å².